The number of rotatable bonds is 76. The number of allylic oxidation sites excluding steroid dienone is 3. The Hall–Kier alpha value is -1.66. The van der Waals surface area contributed by atoms with Crippen LogP contribution in [0.4, 0.5) is 0 Å². The fourth-order valence-electron chi connectivity index (χ4n) is 12.9. The van der Waals surface area contributed by atoms with Gasteiger partial charge in [-0.05, 0) is 57.8 Å². The first kappa shape index (κ1) is 85.3. The minimum Gasteiger partial charge on any atom is -0.466 e. The van der Waals surface area contributed by atoms with Crippen LogP contribution in [-0.2, 0) is 14.3 Å². The number of hydrogen-bond acceptors (Lipinski definition) is 5. The van der Waals surface area contributed by atoms with E-state index in [4.69, 9.17) is 4.74 Å². The van der Waals surface area contributed by atoms with Gasteiger partial charge in [-0.25, -0.2) is 0 Å². The maximum atomic E-state index is 12.5. The van der Waals surface area contributed by atoms with E-state index in [0.29, 0.717) is 19.4 Å². The summed E-state index contributed by atoms with van der Waals surface area (Å²) in [6.45, 7) is 4.96. The molecular formula is C81H157NO5. The number of aliphatic hydroxyl groups excluding tert-OH is 2. The molecule has 0 aromatic carbocycles. The molecule has 516 valence electrons. The van der Waals surface area contributed by atoms with Crippen molar-refractivity contribution >= 4 is 11.9 Å². The van der Waals surface area contributed by atoms with Gasteiger partial charge in [0.1, 0.15) is 0 Å². The summed E-state index contributed by atoms with van der Waals surface area (Å²) in [6, 6.07) is -0.626. The van der Waals surface area contributed by atoms with Gasteiger partial charge in [-0.1, -0.05) is 411 Å². The minimum atomic E-state index is -0.843. The van der Waals surface area contributed by atoms with Crippen LogP contribution < -0.4 is 5.32 Å². The van der Waals surface area contributed by atoms with E-state index >= 15 is 0 Å². The van der Waals surface area contributed by atoms with Gasteiger partial charge in [0.25, 0.3) is 0 Å². The molecular weight excluding hydrogens is 1070 g/mol. The van der Waals surface area contributed by atoms with Crippen molar-refractivity contribution in [2.75, 3.05) is 13.2 Å². The molecule has 87 heavy (non-hydrogen) atoms. The Bertz CT molecular complexity index is 1360. The molecule has 0 bridgehead atoms. The van der Waals surface area contributed by atoms with E-state index in [9.17, 15) is 19.8 Å². The summed E-state index contributed by atoms with van der Waals surface area (Å²) < 4.78 is 5.52. The highest BCUT2D eigenvalue weighted by Crippen LogP contribution is 2.20. The van der Waals surface area contributed by atoms with Gasteiger partial charge in [0, 0.05) is 12.8 Å². The third-order valence-electron chi connectivity index (χ3n) is 19.0. The maximum Gasteiger partial charge on any atom is 0.305 e. The lowest BCUT2D eigenvalue weighted by molar-refractivity contribution is -0.143. The molecule has 0 aromatic rings. The molecule has 1 amide bonds. The van der Waals surface area contributed by atoms with E-state index in [1.165, 1.54) is 392 Å². The van der Waals surface area contributed by atoms with Gasteiger partial charge in [0.2, 0.25) is 5.91 Å². The van der Waals surface area contributed by atoms with Crippen LogP contribution in [0.15, 0.2) is 24.3 Å². The molecule has 0 aromatic heterocycles. The van der Waals surface area contributed by atoms with Crippen molar-refractivity contribution in [3.63, 3.8) is 0 Å². The Balaban J connectivity index is 3.34. The monoisotopic (exact) mass is 1220 g/mol. The fraction of sp³-hybridized carbons (Fsp3) is 0.926. The second kappa shape index (κ2) is 76.8. The highest BCUT2D eigenvalue weighted by atomic mass is 16.5. The van der Waals surface area contributed by atoms with Gasteiger partial charge < -0.3 is 20.3 Å². The highest BCUT2D eigenvalue weighted by molar-refractivity contribution is 5.76. The van der Waals surface area contributed by atoms with E-state index in [1.54, 1.807) is 6.08 Å². The number of carbonyl (C=O) groups is 2. The van der Waals surface area contributed by atoms with Crippen molar-refractivity contribution < 1.29 is 24.5 Å². The first-order valence-corrected chi connectivity index (χ1v) is 40.1. The largest absolute Gasteiger partial charge is 0.466 e. The molecule has 0 aliphatic carbocycles. The molecule has 2 unspecified atom stereocenters. The van der Waals surface area contributed by atoms with Crippen LogP contribution in [0.1, 0.15) is 457 Å². The first-order chi connectivity index (χ1) is 43.0. The quantitative estimate of drug-likeness (QED) is 0.0320. The molecule has 0 fully saturated rings. The number of hydrogen-bond donors (Lipinski definition) is 3. The van der Waals surface area contributed by atoms with Gasteiger partial charge >= 0.3 is 5.97 Å². The SMILES string of the molecule is CCCCCCCCCCCCCCCCCC/C=C/C(O)C(CO)NC(=O)CCCCCCCCCCCCCCCCCCC/C=C\CCCCCCCCCCCCCCOC(=O)CCCCCCCCCCCCCCCCCCCCC. The summed E-state index contributed by atoms with van der Waals surface area (Å²) in [6.07, 6.45) is 98.8. The predicted molar refractivity (Wildman–Crippen MR) is 384 cm³/mol. The van der Waals surface area contributed by atoms with Gasteiger partial charge in [-0.15, -0.1) is 0 Å². The Morgan fingerprint density at radius 2 is 0.540 bits per heavy atom. The third kappa shape index (κ3) is 73.3. The number of aliphatic hydroxyl groups is 2. The summed E-state index contributed by atoms with van der Waals surface area (Å²) in [5, 5.41) is 23.2. The van der Waals surface area contributed by atoms with E-state index in [-0.39, 0.29) is 18.5 Å². The van der Waals surface area contributed by atoms with Gasteiger partial charge in [-0.2, -0.15) is 0 Å². The molecule has 6 nitrogen and oxygen atoms in total. The zero-order chi connectivity index (χ0) is 62.8. The van der Waals surface area contributed by atoms with Crippen molar-refractivity contribution in [3.8, 4) is 0 Å². The zero-order valence-electron chi connectivity index (χ0n) is 59.3. The number of nitrogens with one attached hydrogen (secondary N) is 1. The summed E-state index contributed by atoms with van der Waals surface area (Å²) in [7, 11) is 0. The normalized spacial score (nSPS) is 12.6. The summed E-state index contributed by atoms with van der Waals surface area (Å²) in [4.78, 5) is 24.7. The van der Waals surface area contributed by atoms with Crippen LogP contribution in [0.25, 0.3) is 0 Å². The zero-order valence-corrected chi connectivity index (χ0v) is 59.3. The van der Waals surface area contributed by atoms with Crippen molar-refractivity contribution in [1.82, 2.24) is 5.32 Å². The van der Waals surface area contributed by atoms with Crippen molar-refractivity contribution in [1.29, 1.82) is 0 Å². The lowest BCUT2D eigenvalue weighted by Gasteiger charge is -2.20. The van der Waals surface area contributed by atoms with E-state index in [1.807, 2.05) is 6.08 Å². The average Bonchev–Trinajstić information content (AvgIpc) is 3.52. The molecule has 6 heteroatoms. The number of amides is 1. The summed E-state index contributed by atoms with van der Waals surface area (Å²) >= 11 is 0. The standard InChI is InChI=1S/C81H157NO5/c1-3-5-7-9-11-13-15-17-19-21-38-43-47-51-55-59-63-67-71-75-81(86)87-76-72-68-64-60-56-52-48-44-40-37-35-33-31-29-27-25-23-24-26-28-30-32-34-36-39-42-46-50-54-58-62-66-70-74-80(85)82-78(77-83)79(84)73-69-65-61-57-53-49-45-41-22-20-18-16-14-12-10-8-6-4-2/h27,29,69,73,78-79,83-84H,3-26,28,30-68,70-72,74-77H2,1-2H3,(H,82,85)/b29-27-,73-69+. The Morgan fingerprint density at radius 1 is 0.310 bits per heavy atom. The molecule has 0 radical (unpaired) electrons. The van der Waals surface area contributed by atoms with Crippen LogP contribution in [0, 0.1) is 0 Å². The average molecular weight is 1230 g/mol. The lowest BCUT2D eigenvalue weighted by Crippen LogP contribution is -2.45. The fourth-order valence-corrected chi connectivity index (χ4v) is 12.9. The third-order valence-corrected chi connectivity index (χ3v) is 19.0. The summed E-state index contributed by atoms with van der Waals surface area (Å²) in [5.74, 6) is -0.0364. The predicted octanol–water partition coefficient (Wildman–Crippen LogP) is 26.4. The topological polar surface area (TPSA) is 95.9 Å². The minimum absolute atomic E-state index is 0.0243. The smallest absolute Gasteiger partial charge is 0.305 e. The number of unbranched alkanes of at least 4 members (excludes halogenated alkanes) is 63. The van der Waals surface area contributed by atoms with Crippen LogP contribution in [0.3, 0.4) is 0 Å². The molecule has 0 aliphatic heterocycles. The van der Waals surface area contributed by atoms with Crippen LogP contribution in [0.2, 0.25) is 0 Å². The van der Waals surface area contributed by atoms with Crippen LogP contribution >= 0.6 is 0 Å². The first-order valence-electron chi connectivity index (χ1n) is 40.1. The van der Waals surface area contributed by atoms with Gasteiger partial charge in [0.15, 0.2) is 0 Å². The summed E-state index contributed by atoms with van der Waals surface area (Å²) in [5.41, 5.74) is 0. The van der Waals surface area contributed by atoms with Gasteiger partial charge in [-0.3, -0.25) is 9.59 Å². The van der Waals surface area contributed by atoms with E-state index in [2.05, 4.69) is 31.3 Å². The number of carbonyl (C=O) groups excluding carboxylic acids is 2. The number of ether oxygens (including phenoxy) is 1. The molecule has 0 heterocycles. The second-order valence-electron chi connectivity index (χ2n) is 27.8. The van der Waals surface area contributed by atoms with Crippen LogP contribution in [0.5, 0.6) is 0 Å². The Morgan fingerprint density at radius 3 is 0.816 bits per heavy atom. The molecule has 3 N–H and O–H groups in total. The maximum absolute atomic E-state index is 12.5. The second-order valence-corrected chi connectivity index (χ2v) is 27.8. The molecule has 0 rings (SSSR count). The van der Waals surface area contributed by atoms with E-state index in [0.717, 1.165) is 38.5 Å². The van der Waals surface area contributed by atoms with Gasteiger partial charge in [0.05, 0.1) is 25.4 Å². The Kier molecular flexibility index (Phi) is 75.3. The van der Waals surface area contributed by atoms with Crippen molar-refractivity contribution in [2.45, 2.75) is 469 Å². The number of esters is 1. The molecule has 0 spiro atoms. The molecule has 2 atom stereocenters. The van der Waals surface area contributed by atoms with Crippen molar-refractivity contribution in [2.24, 2.45) is 0 Å². The lowest BCUT2D eigenvalue weighted by atomic mass is 10.0. The highest BCUT2D eigenvalue weighted by Gasteiger charge is 2.18. The molecule has 0 aliphatic rings. The molecule has 0 saturated carbocycles. The van der Waals surface area contributed by atoms with Crippen LogP contribution in [-0.4, -0.2) is 47.4 Å². The van der Waals surface area contributed by atoms with E-state index < -0.39 is 12.1 Å². The molecule has 0 saturated heterocycles. The Labute approximate surface area is 545 Å². The van der Waals surface area contributed by atoms with Crippen molar-refractivity contribution in [3.05, 3.63) is 24.3 Å².